The minimum absolute atomic E-state index is 0.0979. The molecular formula is C24H30ClN5O3. The van der Waals surface area contributed by atoms with Gasteiger partial charge in [0.2, 0.25) is 17.7 Å². The summed E-state index contributed by atoms with van der Waals surface area (Å²) in [6.45, 7) is 2.23. The van der Waals surface area contributed by atoms with Gasteiger partial charge in [0.25, 0.3) is 0 Å². The van der Waals surface area contributed by atoms with Crippen molar-refractivity contribution >= 4 is 35.0 Å². The van der Waals surface area contributed by atoms with Crippen LogP contribution >= 0.6 is 11.6 Å². The van der Waals surface area contributed by atoms with Gasteiger partial charge in [-0.3, -0.25) is 14.4 Å². The number of benzene rings is 2. The summed E-state index contributed by atoms with van der Waals surface area (Å²) in [7, 11) is 0. The summed E-state index contributed by atoms with van der Waals surface area (Å²) >= 11 is 6.08. The summed E-state index contributed by atoms with van der Waals surface area (Å²) in [5.74, 6) is -0.840. The maximum Gasteiger partial charge on any atom is 0.246 e. The molecule has 9 heteroatoms. The van der Waals surface area contributed by atoms with Crippen molar-refractivity contribution in [2.45, 2.75) is 44.3 Å². The Hall–Kier alpha value is -2.94. The molecule has 1 saturated heterocycles. The zero-order valence-corrected chi connectivity index (χ0v) is 19.3. The molecule has 33 heavy (non-hydrogen) atoms. The Balaban J connectivity index is 1.65. The molecule has 3 unspecified atom stereocenters. The highest BCUT2D eigenvalue weighted by Crippen LogP contribution is 2.20. The molecule has 0 spiro atoms. The minimum atomic E-state index is -0.729. The van der Waals surface area contributed by atoms with Crippen molar-refractivity contribution in [3.63, 3.8) is 0 Å². The second-order valence-corrected chi connectivity index (χ2v) is 8.61. The highest BCUT2D eigenvalue weighted by atomic mass is 35.5. The fraction of sp³-hybridized carbons (Fsp3) is 0.375. The number of anilines is 1. The molecule has 176 valence electrons. The minimum Gasteiger partial charge on any atom is -0.351 e. The van der Waals surface area contributed by atoms with Gasteiger partial charge in [-0.25, -0.2) is 0 Å². The topological polar surface area (TPSA) is 125 Å². The van der Waals surface area contributed by atoms with Gasteiger partial charge >= 0.3 is 0 Å². The molecule has 0 saturated carbocycles. The lowest BCUT2D eigenvalue weighted by molar-refractivity contribution is -0.127. The van der Waals surface area contributed by atoms with E-state index in [1.165, 1.54) is 0 Å². The highest BCUT2D eigenvalue weighted by Gasteiger charge is 2.32. The molecule has 0 aromatic heterocycles. The Morgan fingerprint density at radius 2 is 1.94 bits per heavy atom. The van der Waals surface area contributed by atoms with E-state index in [1.807, 2.05) is 37.3 Å². The molecule has 2 aromatic rings. The first kappa shape index (κ1) is 24.7. The Morgan fingerprint density at radius 3 is 2.64 bits per heavy atom. The predicted molar refractivity (Wildman–Crippen MR) is 129 cm³/mol. The van der Waals surface area contributed by atoms with Gasteiger partial charge in [0.1, 0.15) is 6.04 Å². The van der Waals surface area contributed by atoms with Crippen molar-refractivity contribution in [2.75, 3.05) is 18.4 Å². The maximum absolute atomic E-state index is 13.1. The molecule has 6 N–H and O–H groups in total. The van der Waals surface area contributed by atoms with E-state index in [-0.39, 0.29) is 30.3 Å². The van der Waals surface area contributed by atoms with Gasteiger partial charge < -0.3 is 27.0 Å². The van der Waals surface area contributed by atoms with E-state index in [2.05, 4.69) is 21.3 Å². The second kappa shape index (κ2) is 11.8. The Kier molecular flexibility index (Phi) is 8.82. The molecule has 1 aliphatic heterocycles. The Labute approximate surface area is 198 Å². The highest BCUT2D eigenvalue weighted by molar-refractivity contribution is 6.31. The lowest BCUT2D eigenvalue weighted by Crippen LogP contribution is -2.50. The van der Waals surface area contributed by atoms with E-state index >= 15 is 0 Å². The number of nitrogens with one attached hydrogen (secondary N) is 4. The maximum atomic E-state index is 13.1. The van der Waals surface area contributed by atoms with Crippen molar-refractivity contribution in [3.8, 4) is 0 Å². The molecule has 0 radical (unpaired) electrons. The molecule has 3 atom stereocenters. The van der Waals surface area contributed by atoms with Crippen LogP contribution in [0.4, 0.5) is 5.69 Å². The van der Waals surface area contributed by atoms with Crippen molar-refractivity contribution in [3.05, 3.63) is 64.7 Å². The molecule has 8 nitrogen and oxygen atoms in total. The van der Waals surface area contributed by atoms with Crippen LogP contribution < -0.4 is 27.0 Å². The number of halogens is 1. The van der Waals surface area contributed by atoms with E-state index in [9.17, 15) is 14.4 Å². The quantitative estimate of drug-likeness (QED) is 0.379. The third-order valence-electron chi connectivity index (χ3n) is 5.62. The van der Waals surface area contributed by atoms with Gasteiger partial charge in [-0.15, -0.1) is 0 Å². The van der Waals surface area contributed by atoms with Gasteiger partial charge in [-0.05, 0) is 55.5 Å². The van der Waals surface area contributed by atoms with Gasteiger partial charge in [0.15, 0.2) is 0 Å². The fourth-order valence-electron chi connectivity index (χ4n) is 3.78. The van der Waals surface area contributed by atoms with Crippen LogP contribution in [0.25, 0.3) is 0 Å². The third kappa shape index (κ3) is 7.28. The van der Waals surface area contributed by atoms with Crippen molar-refractivity contribution in [1.29, 1.82) is 0 Å². The number of aryl methyl sites for hydroxylation is 2. The number of hydrogen-bond acceptors (Lipinski definition) is 5. The SMILES string of the molecule is Cc1cc(NC(=O)C(CCc2ccccc2)NC(=O)C2CC(NC(=O)CN)CN2)ccc1Cl. The van der Waals surface area contributed by atoms with E-state index in [4.69, 9.17) is 17.3 Å². The number of nitrogens with two attached hydrogens (primary N) is 1. The van der Waals surface area contributed by atoms with Crippen LogP contribution in [-0.4, -0.2) is 48.9 Å². The first-order chi connectivity index (χ1) is 15.9. The van der Waals surface area contributed by atoms with Crippen molar-refractivity contribution in [2.24, 2.45) is 5.73 Å². The number of hydrogen-bond donors (Lipinski definition) is 5. The largest absolute Gasteiger partial charge is 0.351 e. The van der Waals surface area contributed by atoms with Gasteiger partial charge in [-0.2, -0.15) is 0 Å². The standard InChI is InChI=1S/C24H30ClN5O3/c1-15-11-17(8-9-19(15)25)29-23(32)20(10-7-16-5-3-2-4-6-16)30-24(33)21-12-18(14-27-21)28-22(31)13-26/h2-6,8-9,11,18,20-21,27H,7,10,12-14,26H2,1H3,(H,28,31)(H,29,32)(H,30,33). The number of carbonyl (C=O) groups excluding carboxylic acids is 3. The molecule has 3 amide bonds. The normalized spacial score (nSPS) is 18.4. The number of rotatable bonds is 9. The zero-order chi connectivity index (χ0) is 23.8. The predicted octanol–water partition coefficient (Wildman–Crippen LogP) is 1.51. The summed E-state index contributed by atoms with van der Waals surface area (Å²) in [6.07, 6.45) is 1.50. The van der Waals surface area contributed by atoms with E-state index in [1.54, 1.807) is 18.2 Å². The van der Waals surface area contributed by atoms with Gasteiger partial charge in [-0.1, -0.05) is 41.9 Å². The van der Waals surface area contributed by atoms with Crippen LogP contribution in [0.5, 0.6) is 0 Å². The molecule has 0 bridgehead atoms. The fourth-order valence-corrected chi connectivity index (χ4v) is 3.90. The number of amides is 3. The summed E-state index contributed by atoms with van der Waals surface area (Å²) < 4.78 is 0. The van der Waals surface area contributed by atoms with Crippen molar-refractivity contribution in [1.82, 2.24) is 16.0 Å². The monoisotopic (exact) mass is 471 g/mol. The molecule has 3 rings (SSSR count). The van der Waals surface area contributed by atoms with Gasteiger partial charge in [0, 0.05) is 23.3 Å². The summed E-state index contributed by atoms with van der Waals surface area (Å²) in [5, 5.41) is 12.3. The van der Waals surface area contributed by atoms with E-state index in [0.717, 1.165) is 11.1 Å². The van der Waals surface area contributed by atoms with Crippen LogP contribution in [0.2, 0.25) is 5.02 Å². The van der Waals surface area contributed by atoms with Gasteiger partial charge in [0.05, 0.1) is 12.6 Å². The summed E-state index contributed by atoms with van der Waals surface area (Å²) in [4.78, 5) is 37.5. The van der Waals surface area contributed by atoms with Crippen LogP contribution in [-0.2, 0) is 20.8 Å². The van der Waals surface area contributed by atoms with Crippen molar-refractivity contribution < 1.29 is 14.4 Å². The van der Waals surface area contributed by atoms with Crippen LogP contribution in [0.15, 0.2) is 48.5 Å². The summed E-state index contributed by atoms with van der Waals surface area (Å²) in [6, 6.07) is 13.6. The molecule has 1 fully saturated rings. The lowest BCUT2D eigenvalue weighted by Gasteiger charge is -2.21. The molecular weight excluding hydrogens is 442 g/mol. The van der Waals surface area contributed by atoms with Crippen LogP contribution in [0, 0.1) is 6.92 Å². The summed E-state index contributed by atoms with van der Waals surface area (Å²) in [5.41, 5.74) is 7.88. The first-order valence-corrected chi connectivity index (χ1v) is 11.4. The first-order valence-electron chi connectivity index (χ1n) is 11.0. The van der Waals surface area contributed by atoms with Crippen LogP contribution in [0.1, 0.15) is 24.0 Å². The molecule has 1 heterocycles. The Morgan fingerprint density at radius 1 is 1.18 bits per heavy atom. The number of carbonyl (C=O) groups is 3. The third-order valence-corrected chi connectivity index (χ3v) is 6.04. The molecule has 1 aliphatic rings. The van der Waals surface area contributed by atoms with E-state index in [0.29, 0.717) is 36.5 Å². The zero-order valence-electron chi connectivity index (χ0n) is 18.6. The molecule has 0 aliphatic carbocycles. The average Bonchev–Trinajstić information content (AvgIpc) is 3.28. The smallest absolute Gasteiger partial charge is 0.246 e. The van der Waals surface area contributed by atoms with E-state index < -0.39 is 12.1 Å². The Bertz CT molecular complexity index is 985. The lowest BCUT2D eigenvalue weighted by atomic mass is 10.0. The second-order valence-electron chi connectivity index (χ2n) is 8.20. The van der Waals surface area contributed by atoms with Crippen LogP contribution in [0.3, 0.4) is 0 Å². The average molecular weight is 472 g/mol. The molecule has 2 aromatic carbocycles.